The van der Waals surface area contributed by atoms with Gasteiger partial charge in [0.2, 0.25) is 5.91 Å². The molecule has 32 heavy (non-hydrogen) atoms. The first-order valence-corrected chi connectivity index (χ1v) is 12.9. The van der Waals surface area contributed by atoms with Crippen molar-refractivity contribution in [2.24, 2.45) is 11.8 Å². The standard InChI is InChI=1S/C25H41N3O4/c1-4-7-22-18(3)28(24(29)23(22)19-8-6-9-19)21-10-14-26(15-11-21)20-12-16-27(17-13-20)32-25(30)31-5-2/h19-21,23H,4-17H2,1-3H3. The molecule has 0 N–H and O–H groups in total. The molecule has 1 amide bonds. The van der Waals surface area contributed by atoms with Crippen molar-refractivity contribution in [3.8, 4) is 0 Å². The summed E-state index contributed by atoms with van der Waals surface area (Å²) >= 11 is 0. The van der Waals surface area contributed by atoms with Gasteiger partial charge in [-0.1, -0.05) is 19.8 Å². The maximum atomic E-state index is 13.5. The van der Waals surface area contributed by atoms with Crippen LogP contribution in [0.3, 0.4) is 0 Å². The Kier molecular flexibility index (Phi) is 7.77. The molecule has 0 spiro atoms. The fourth-order valence-electron chi connectivity index (χ4n) is 6.22. The normalized spacial score (nSPS) is 27.2. The number of hydrogen-bond donors (Lipinski definition) is 0. The zero-order valence-corrected chi connectivity index (χ0v) is 20.2. The smallest absolute Gasteiger partial charge is 0.433 e. The van der Waals surface area contributed by atoms with Gasteiger partial charge in [-0.15, -0.1) is 5.06 Å². The largest absolute Gasteiger partial charge is 0.527 e. The van der Waals surface area contributed by atoms with Crippen molar-refractivity contribution in [2.45, 2.75) is 90.6 Å². The first-order valence-electron chi connectivity index (χ1n) is 12.9. The van der Waals surface area contributed by atoms with E-state index in [0.29, 0.717) is 30.5 Å². The third kappa shape index (κ3) is 4.84. The lowest BCUT2D eigenvalue weighted by atomic mass is 9.72. The summed E-state index contributed by atoms with van der Waals surface area (Å²) in [5, 5.41) is 1.73. The number of hydrogen-bond acceptors (Lipinski definition) is 6. The molecule has 7 nitrogen and oxygen atoms in total. The van der Waals surface area contributed by atoms with Crippen molar-refractivity contribution >= 4 is 12.1 Å². The van der Waals surface area contributed by atoms with E-state index < -0.39 is 6.16 Å². The van der Waals surface area contributed by atoms with Crippen LogP contribution in [-0.2, 0) is 14.4 Å². The topological polar surface area (TPSA) is 62.3 Å². The van der Waals surface area contributed by atoms with Crippen molar-refractivity contribution in [2.75, 3.05) is 32.8 Å². The number of nitrogens with zero attached hydrogens (tertiary/aromatic N) is 3. The summed E-state index contributed by atoms with van der Waals surface area (Å²) in [5.74, 6) is 1.16. The highest BCUT2D eigenvalue weighted by Gasteiger charge is 2.46. The maximum Gasteiger partial charge on any atom is 0.527 e. The van der Waals surface area contributed by atoms with E-state index in [-0.39, 0.29) is 5.92 Å². The van der Waals surface area contributed by atoms with Crippen molar-refractivity contribution < 1.29 is 19.2 Å². The molecule has 0 aromatic rings. The van der Waals surface area contributed by atoms with Gasteiger partial charge in [-0.3, -0.25) is 4.79 Å². The minimum absolute atomic E-state index is 0.172. The van der Waals surface area contributed by atoms with E-state index >= 15 is 0 Å². The highest BCUT2D eigenvalue weighted by molar-refractivity contribution is 5.87. The molecule has 1 unspecified atom stereocenters. The van der Waals surface area contributed by atoms with Crippen LogP contribution in [0.5, 0.6) is 0 Å². The second kappa shape index (κ2) is 10.6. The average Bonchev–Trinajstić information content (AvgIpc) is 2.98. The Morgan fingerprint density at radius 1 is 0.969 bits per heavy atom. The van der Waals surface area contributed by atoms with Crippen LogP contribution >= 0.6 is 0 Å². The van der Waals surface area contributed by atoms with Gasteiger partial charge in [0.05, 0.1) is 12.5 Å². The molecule has 0 radical (unpaired) electrons. The molecule has 0 aromatic carbocycles. The van der Waals surface area contributed by atoms with E-state index in [0.717, 1.165) is 64.7 Å². The van der Waals surface area contributed by atoms with E-state index in [1.807, 2.05) is 0 Å². The van der Waals surface area contributed by atoms with Gasteiger partial charge in [0, 0.05) is 44.0 Å². The summed E-state index contributed by atoms with van der Waals surface area (Å²) in [6.45, 7) is 10.1. The molecule has 1 aliphatic carbocycles. The van der Waals surface area contributed by atoms with Crippen LogP contribution in [0.4, 0.5) is 4.79 Å². The van der Waals surface area contributed by atoms with Gasteiger partial charge in [0.15, 0.2) is 0 Å². The average molecular weight is 448 g/mol. The zero-order chi connectivity index (χ0) is 22.7. The van der Waals surface area contributed by atoms with Gasteiger partial charge in [-0.05, 0) is 70.3 Å². The van der Waals surface area contributed by atoms with Crippen LogP contribution < -0.4 is 0 Å². The highest BCUT2D eigenvalue weighted by Crippen LogP contribution is 2.46. The number of likely N-dealkylation sites (tertiary alicyclic amines) is 1. The van der Waals surface area contributed by atoms with Crippen LogP contribution in [0.1, 0.15) is 78.6 Å². The summed E-state index contributed by atoms with van der Waals surface area (Å²) in [7, 11) is 0. The minimum Gasteiger partial charge on any atom is -0.433 e. The number of allylic oxidation sites excluding steroid dienone is 1. The third-order valence-electron chi connectivity index (χ3n) is 8.12. The first kappa shape index (κ1) is 23.6. The summed E-state index contributed by atoms with van der Waals surface area (Å²) in [6.07, 6.45) is 9.42. The lowest BCUT2D eigenvalue weighted by Crippen LogP contribution is -2.51. The minimum atomic E-state index is -0.604. The Bertz CT molecular complexity index is 704. The van der Waals surface area contributed by atoms with E-state index in [1.54, 1.807) is 12.0 Å². The molecule has 1 saturated carbocycles. The number of carbonyl (C=O) groups excluding carboxylic acids is 2. The molecular formula is C25H41N3O4. The second-order valence-electron chi connectivity index (χ2n) is 9.94. The molecule has 2 saturated heterocycles. The molecule has 4 rings (SSSR count). The predicted molar refractivity (Wildman–Crippen MR) is 123 cm³/mol. The SMILES string of the molecule is CCCC1=C(C)N(C2CCN(C3CCN(OC(=O)OCC)CC3)CC2)C(=O)C1C1CCC1. The van der Waals surface area contributed by atoms with Crippen LogP contribution in [0.15, 0.2) is 11.3 Å². The summed E-state index contributed by atoms with van der Waals surface area (Å²) in [5.41, 5.74) is 2.72. The Morgan fingerprint density at radius 2 is 1.62 bits per heavy atom. The lowest BCUT2D eigenvalue weighted by molar-refractivity contribution is -0.146. The number of piperidine rings is 2. The van der Waals surface area contributed by atoms with E-state index in [1.165, 1.54) is 30.5 Å². The molecule has 7 heteroatoms. The van der Waals surface area contributed by atoms with Gasteiger partial charge >= 0.3 is 6.16 Å². The van der Waals surface area contributed by atoms with Crippen molar-refractivity contribution in [3.63, 3.8) is 0 Å². The first-order chi connectivity index (χ1) is 15.5. The number of amides is 1. The molecule has 180 valence electrons. The van der Waals surface area contributed by atoms with Crippen LogP contribution in [-0.4, -0.2) is 71.8 Å². The third-order valence-corrected chi connectivity index (χ3v) is 8.12. The molecule has 3 aliphatic heterocycles. The molecule has 3 fully saturated rings. The van der Waals surface area contributed by atoms with Crippen molar-refractivity contribution in [3.05, 3.63) is 11.3 Å². The molecule has 1 atom stereocenters. The van der Waals surface area contributed by atoms with E-state index in [9.17, 15) is 9.59 Å². The van der Waals surface area contributed by atoms with E-state index in [2.05, 4.69) is 23.6 Å². The second-order valence-corrected chi connectivity index (χ2v) is 9.94. The molecular weight excluding hydrogens is 406 g/mol. The van der Waals surface area contributed by atoms with Gasteiger partial charge in [-0.2, -0.15) is 0 Å². The van der Waals surface area contributed by atoms with Crippen molar-refractivity contribution in [1.29, 1.82) is 0 Å². The summed E-state index contributed by atoms with van der Waals surface area (Å²) < 4.78 is 4.87. The predicted octanol–water partition coefficient (Wildman–Crippen LogP) is 4.34. The van der Waals surface area contributed by atoms with Gasteiger partial charge in [0.1, 0.15) is 0 Å². The van der Waals surface area contributed by atoms with Crippen LogP contribution in [0.25, 0.3) is 0 Å². The maximum absolute atomic E-state index is 13.5. The summed E-state index contributed by atoms with van der Waals surface area (Å²) in [4.78, 5) is 35.1. The Balaban J connectivity index is 1.29. The zero-order valence-electron chi connectivity index (χ0n) is 20.2. The Labute approximate surface area is 193 Å². The fourth-order valence-corrected chi connectivity index (χ4v) is 6.22. The lowest BCUT2D eigenvalue weighted by Gasteiger charge is -2.43. The Morgan fingerprint density at radius 3 is 2.19 bits per heavy atom. The van der Waals surface area contributed by atoms with Crippen molar-refractivity contribution in [1.82, 2.24) is 14.9 Å². The highest BCUT2D eigenvalue weighted by atomic mass is 16.8. The Hall–Kier alpha value is -1.60. The molecule has 4 aliphatic rings. The molecule has 0 bridgehead atoms. The van der Waals surface area contributed by atoms with E-state index in [4.69, 9.17) is 9.57 Å². The monoisotopic (exact) mass is 447 g/mol. The quantitative estimate of drug-likeness (QED) is 0.541. The molecule has 0 aromatic heterocycles. The fraction of sp³-hybridized carbons (Fsp3) is 0.840. The van der Waals surface area contributed by atoms with Crippen LogP contribution in [0, 0.1) is 11.8 Å². The van der Waals surface area contributed by atoms with Crippen LogP contribution in [0.2, 0.25) is 0 Å². The summed E-state index contributed by atoms with van der Waals surface area (Å²) in [6, 6.07) is 0.880. The number of carbonyl (C=O) groups is 2. The number of ether oxygens (including phenoxy) is 1. The van der Waals surface area contributed by atoms with Gasteiger partial charge in [0.25, 0.3) is 0 Å². The van der Waals surface area contributed by atoms with Gasteiger partial charge in [-0.25, -0.2) is 4.79 Å². The number of hydroxylamine groups is 2. The number of rotatable bonds is 7. The molecule has 3 heterocycles. The van der Waals surface area contributed by atoms with Gasteiger partial charge < -0.3 is 19.4 Å².